The summed E-state index contributed by atoms with van der Waals surface area (Å²) < 4.78 is 7.42. The normalized spacial score (nSPS) is 15.3. The number of hydrogen-bond donors (Lipinski definition) is 1. The van der Waals surface area contributed by atoms with Crippen molar-refractivity contribution in [3.05, 3.63) is 96.5 Å². The van der Waals surface area contributed by atoms with Crippen molar-refractivity contribution in [3.8, 4) is 0 Å². The van der Waals surface area contributed by atoms with Crippen molar-refractivity contribution in [1.82, 2.24) is 19.7 Å². The summed E-state index contributed by atoms with van der Waals surface area (Å²) in [5.74, 6) is 0.656. The lowest BCUT2D eigenvalue weighted by Gasteiger charge is -2.11. The first-order valence-electron chi connectivity index (χ1n) is 11.1. The second kappa shape index (κ2) is 8.49. The van der Waals surface area contributed by atoms with Crippen molar-refractivity contribution in [2.24, 2.45) is 0 Å². The number of fused-ring (bicyclic) bond motifs is 2. The molecule has 0 amide bonds. The molecule has 6 rings (SSSR count). The maximum Gasteiger partial charge on any atom is 0.215 e. The summed E-state index contributed by atoms with van der Waals surface area (Å²) in [5.41, 5.74) is 4.47. The van der Waals surface area contributed by atoms with Gasteiger partial charge in [-0.05, 0) is 35.9 Å². The molecule has 1 N–H and O–H groups in total. The van der Waals surface area contributed by atoms with Gasteiger partial charge in [-0.3, -0.25) is 14.3 Å². The Morgan fingerprint density at radius 3 is 2.74 bits per heavy atom. The molecule has 0 aliphatic carbocycles. The summed E-state index contributed by atoms with van der Waals surface area (Å²) in [5, 5.41) is 9.76. The average molecular weight is 461 g/mol. The predicted octanol–water partition coefficient (Wildman–Crippen LogP) is 4.28. The van der Waals surface area contributed by atoms with Gasteiger partial charge in [-0.25, -0.2) is 9.97 Å². The van der Waals surface area contributed by atoms with E-state index in [1.807, 2.05) is 65.5 Å². The molecule has 0 radical (unpaired) electrons. The summed E-state index contributed by atoms with van der Waals surface area (Å²) in [4.78, 5) is 31.6. The third-order valence-corrected chi connectivity index (χ3v) is 5.93. The summed E-state index contributed by atoms with van der Waals surface area (Å²) in [6.07, 6.45) is 4.10. The first-order valence-corrected chi connectivity index (χ1v) is 11.1. The molecule has 1 unspecified atom stereocenters. The number of aromatic nitrogens is 4. The van der Waals surface area contributed by atoms with Gasteiger partial charge >= 0.3 is 0 Å². The Bertz CT molecular complexity index is 1620. The van der Waals surface area contributed by atoms with E-state index in [-0.39, 0.29) is 5.78 Å². The first kappa shape index (κ1) is 20.7. The van der Waals surface area contributed by atoms with Crippen molar-refractivity contribution < 1.29 is 14.3 Å². The van der Waals surface area contributed by atoms with Gasteiger partial charge in [-0.2, -0.15) is 5.10 Å². The van der Waals surface area contributed by atoms with Crippen LogP contribution in [0.15, 0.2) is 85.3 Å². The van der Waals surface area contributed by atoms with Gasteiger partial charge in [-0.15, -0.1) is 0 Å². The van der Waals surface area contributed by atoms with Gasteiger partial charge in [0.2, 0.25) is 11.9 Å². The Hall–Kier alpha value is -4.85. The molecule has 1 aliphatic heterocycles. The Morgan fingerprint density at radius 2 is 1.91 bits per heavy atom. The molecule has 8 heteroatoms. The number of hydrogen-bond acceptors (Lipinski definition) is 7. The van der Waals surface area contributed by atoms with Crippen molar-refractivity contribution in [1.29, 1.82) is 0 Å². The molecule has 1 aliphatic rings. The molecule has 3 aromatic carbocycles. The molecule has 5 aromatic rings. The topological polar surface area (TPSA) is 99.0 Å². The van der Waals surface area contributed by atoms with Crippen LogP contribution < -0.4 is 5.32 Å². The smallest absolute Gasteiger partial charge is 0.215 e. The maximum absolute atomic E-state index is 11.8. The van der Waals surface area contributed by atoms with Crippen LogP contribution in [-0.4, -0.2) is 37.9 Å². The standard InChI is InChI=1S/C27H19N5O3/c33-15-26-24(34)12-25(35-26)18-6-8-21-22(11-18)28-16-29-27(21)31-20-7-9-23-19(10-20)13-30-32(23)14-17-4-2-1-3-5-17/h1-13,15-16,26H,14H2,(H,28,29,31). The molecule has 35 heavy (non-hydrogen) atoms. The lowest BCUT2D eigenvalue weighted by molar-refractivity contribution is -0.126. The minimum absolute atomic E-state index is 0.359. The lowest BCUT2D eigenvalue weighted by atomic mass is 10.1. The van der Waals surface area contributed by atoms with E-state index in [4.69, 9.17) is 4.74 Å². The quantitative estimate of drug-likeness (QED) is 0.298. The van der Waals surface area contributed by atoms with E-state index in [9.17, 15) is 9.59 Å². The van der Waals surface area contributed by atoms with E-state index in [1.54, 1.807) is 0 Å². The van der Waals surface area contributed by atoms with Gasteiger partial charge in [0.1, 0.15) is 17.9 Å². The number of ether oxygens (including phenoxy) is 1. The third-order valence-electron chi connectivity index (χ3n) is 5.93. The largest absolute Gasteiger partial charge is 0.474 e. The zero-order valence-corrected chi connectivity index (χ0v) is 18.5. The second-order valence-corrected chi connectivity index (χ2v) is 8.23. The molecular formula is C27H19N5O3. The fourth-order valence-corrected chi connectivity index (χ4v) is 4.18. The highest BCUT2D eigenvalue weighted by Crippen LogP contribution is 2.30. The summed E-state index contributed by atoms with van der Waals surface area (Å²) in [6, 6.07) is 21.8. The first-order chi connectivity index (χ1) is 17.2. The van der Waals surface area contributed by atoms with Crippen LogP contribution in [0.5, 0.6) is 0 Å². The number of carbonyl (C=O) groups excluding carboxylic acids is 2. The number of anilines is 2. The number of aldehydes is 1. The molecule has 0 bridgehead atoms. The third kappa shape index (κ3) is 3.91. The molecule has 0 saturated carbocycles. The van der Waals surface area contributed by atoms with Crippen LogP contribution in [0.25, 0.3) is 27.6 Å². The van der Waals surface area contributed by atoms with Gasteiger partial charge < -0.3 is 10.1 Å². The zero-order chi connectivity index (χ0) is 23.8. The fraction of sp³-hybridized carbons (Fsp3) is 0.0741. The van der Waals surface area contributed by atoms with E-state index in [0.29, 0.717) is 35.5 Å². The van der Waals surface area contributed by atoms with Crippen LogP contribution in [0, 0.1) is 0 Å². The van der Waals surface area contributed by atoms with E-state index in [0.717, 1.165) is 22.0 Å². The van der Waals surface area contributed by atoms with Gasteiger partial charge in [0.15, 0.2) is 6.29 Å². The van der Waals surface area contributed by atoms with Gasteiger partial charge in [0, 0.05) is 28.1 Å². The lowest BCUT2D eigenvalue weighted by Crippen LogP contribution is -2.17. The van der Waals surface area contributed by atoms with Crippen LogP contribution in [0.2, 0.25) is 0 Å². The van der Waals surface area contributed by atoms with Gasteiger partial charge in [0.25, 0.3) is 0 Å². The number of benzene rings is 3. The number of carbonyl (C=O) groups is 2. The van der Waals surface area contributed by atoms with Crippen LogP contribution in [0.4, 0.5) is 11.5 Å². The number of nitrogens with zero attached hydrogens (tertiary/aromatic N) is 4. The number of nitrogens with one attached hydrogen (secondary N) is 1. The predicted molar refractivity (Wildman–Crippen MR) is 132 cm³/mol. The monoisotopic (exact) mass is 461 g/mol. The minimum Gasteiger partial charge on any atom is -0.474 e. The van der Waals surface area contributed by atoms with Crippen molar-refractivity contribution in [3.63, 3.8) is 0 Å². The number of ketones is 1. The molecule has 0 spiro atoms. The van der Waals surface area contributed by atoms with E-state index in [1.165, 1.54) is 18.0 Å². The van der Waals surface area contributed by atoms with Crippen molar-refractivity contribution >= 4 is 51.1 Å². The van der Waals surface area contributed by atoms with Crippen LogP contribution in [0.3, 0.4) is 0 Å². The maximum atomic E-state index is 11.8. The van der Waals surface area contributed by atoms with Crippen molar-refractivity contribution in [2.45, 2.75) is 12.6 Å². The molecular weight excluding hydrogens is 442 g/mol. The highest BCUT2D eigenvalue weighted by atomic mass is 16.5. The Morgan fingerprint density at radius 1 is 1.03 bits per heavy atom. The van der Waals surface area contributed by atoms with Gasteiger partial charge in [0.05, 0.1) is 23.8 Å². The van der Waals surface area contributed by atoms with E-state index < -0.39 is 6.10 Å². The van der Waals surface area contributed by atoms with Crippen molar-refractivity contribution in [2.75, 3.05) is 5.32 Å². The molecule has 3 heterocycles. The fourth-order valence-electron chi connectivity index (χ4n) is 4.18. The van der Waals surface area contributed by atoms with Crippen LogP contribution in [0.1, 0.15) is 11.1 Å². The molecule has 0 fully saturated rings. The summed E-state index contributed by atoms with van der Waals surface area (Å²) in [6.45, 7) is 0.704. The van der Waals surface area contributed by atoms with Gasteiger partial charge in [-0.1, -0.05) is 36.4 Å². The SMILES string of the molecule is O=CC1OC(c2ccc3c(Nc4ccc5c(cnn5Cc5ccccc5)c4)ncnc3c2)=CC1=O. The Kier molecular flexibility index (Phi) is 5.03. The van der Waals surface area contributed by atoms with E-state index in [2.05, 4.69) is 32.5 Å². The molecule has 170 valence electrons. The second-order valence-electron chi connectivity index (χ2n) is 8.23. The van der Waals surface area contributed by atoms with E-state index >= 15 is 0 Å². The Balaban J connectivity index is 1.27. The average Bonchev–Trinajstić information content (AvgIpc) is 3.47. The highest BCUT2D eigenvalue weighted by Gasteiger charge is 2.27. The molecule has 0 saturated heterocycles. The highest BCUT2D eigenvalue weighted by molar-refractivity contribution is 6.10. The molecule has 1 atom stereocenters. The number of rotatable bonds is 6. The van der Waals surface area contributed by atoms with Crippen LogP contribution in [-0.2, 0) is 20.9 Å². The summed E-state index contributed by atoms with van der Waals surface area (Å²) in [7, 11) is 0. The minimum atomic E-state index is -1.07. The molecule has 8 nitrogen and oxygen atoms in total. The Labute approximate surface area is 199 Å². The zero-order valence-electron chi connectivity index (χ0n) is 18.5. The summed E-state index contributed by atoms with van der Waals surface area (Å²) >= 11 is 0. The molecule has 2 aromatic heterocycles. The van der Waals surface area contributed by atoms with Crippen LogP contribution >= 0.6 is 0 Å².